The number of benzene rings is 2. The Morgan fingerprint density at radius 3 is 2.38 bits per heavy atom. The fourth-order valence-corrected chi connectivity index (χ4v) is 2.46. The molecule has 1 amide bonds. The number of aliphatic carboxylic acids is 1. The summed E-state index contributed by atoms with van der Waals surface area (Å²) in [6, 6.07) is 10.1. The van der Waals surface area contributed by atoms with Crippen LogP contribution in [0.4, 0.5) is 18.9 Å². The second-order valence-electron chi connectivity index (χ2n) is 5.48. The van der Waals surface area contributed by atoms with Gasteiger partial charge in [-0.3, -0.25) is 9.59 Å². The first kappa shape index (κ1) is 19.8. The van der Waals surface area contributed by atoms with Crippen LogP contribution in [0.15, 0.2) is 36.4 Å². The fraction of sp³-hybridized carbons (Fsp3) is 0.222. The number of rotatable bonds is 6. The van der Waals surface area contributed by atoms with Gasteiger partial charge < -0.3 is 10.4 Å². The predicted molar refractivity (Wildman–Crippen MR) is 90.8 cm³/mol. The van der Waals surface area contributed by atoms with Crippen LogP contribution >= 0.6 is 11.6 Å². The summed E-state index contributed by atoms with van der Waals surface area (Å²) in [5, 5.41) is 11.2. The van der Waals surface area contributed by atoms with E-state index >= 15 is 0 Å². The number of alkyl halides is 3. The van der Waals surface area contributed by atoms with Crippen LogP contribution in [0.5, 0.6) is 0 Å². The van der Waals surface area contributed by atoms with Crippen molar-refractivity contribution < 1.29 is 27.9 Å². The molecule has 0 aliphatic carbocycles. The minimum absolute atomic E-state index is 0.0381. The number of nitrogens with one attached hydrogen (secondary N) is 1. The molecule has 0 saturated heterocycles. The van der Waals surface area contributed by atoms with Gasteiger partial charge in [-0.25, -0.2) is 0 Å². The van der Waals surface area contributed by atoms with Crippen LogP contribution in [0.2, 0.25) is 5.02 Å². The summed E-state index contributed by atoms with van der Waals surface area (Å²) in [5.74, 6) is -1.35. The number of hydrogen-bond acceptors (Lipinski definition) is 2. The minimum Gasteiger partial charge on any atom is -0.481 e. The molecule has 4 nitrogen and oxygen atoms in total. The Morgan fingerprint density at radius 2 is 1.81 bits per heavy atom. The third-order valence-corrected chi connectivity index (χ3v) is 3.71. The minimum atomic E-state index is -4.55. The van der Waals surface area contributed by atoms with E-state index in [2.05, 4.69) is 11.4 Å². The summed E-state index contributed by atoms with van der Waals surface area (Å²) in [5.41, 5.74) is -0.249. The third-order valence-electron chi connectivity index (χ3n) is 3.50. The maximum Gasteiger partial charge on any atom is 0.417 e. The Labute approximate surface area is 152 Å². The van der Waals surface area contributed by atoms with Crippen molar-refractivity contribution in [2.75, 3.05) is 5.32 Å². The lowest BCUT2D eigenvalue weighted by Crippen LogP contribution is -2.11. The molecular weight excluding hydrogens is 371 g/mol. The van der Waals surface area contributed by atoms with Crippen LogP contribution in [0.1, 0.15) is 24.8 Å². The van der Waals surface area contributed by atoms with Crippen molar-refractivity contribution in [3.63, 3.8) is 0 Å². The second-order valence-corrected chi connectivity index (χ2v) is 5.89. The molecule has 0 heterocycles. The van der Waals surface area contributed by atoms with Crippen molar-refractivity contribution in [3.05, 3.63) is 53.1 Å². The van der Waals surface area contributed by atoms with Crippen molar-refractivity contribution in [2.45, 2.75) is 25.4 Å². The zero-order chi connectivity index (χ0) is 19.3. The molecule has 0 spiro atoms. The molecule has 1 radical (unpaired) electrons. The molecule has 8 heteroatoms. The van der Waals surface area contributed by atoms with Crippen molar-refractivity contribution in [2.24, 2.45) is 0 Å². The monoisotopic (exact) mass is 384 g/mol. The van der Waals surface area contributed by atoms with Gasteiger partial charge in [0.05, 0.1) is 5.56 Å². The summed E-state index contributed by atoms with van der Waals surface area (Å²) in [7, 11) is 0. The maximum absolute atomic E-state index is 13.1. The molecule has 137 valence electrons. The molecule has 0 fully saturated rings. The SMILES string of the molecule is O=C(O)CCCC(=O)Nc1ccc(-c2cc(Cl)[c]cc2C(F)(F)F)cc1. The van der Waals surface area contributed by atoms with Gasteiger partial charge in [-0.2, -0.15) is 13.2 Å². The van der Waals surface area contributed by atoms with Crippen molar-refractivity contribution in [1.29, 1.82) is 0 Å². The smallest absolute Gasteiger partial charge is 0.417 e. The van der Waals surface area contributed by atoms with Crippen molar-refractivity contribution in [3.8, 4) is 11.1 Å². The summed E-state index contributed by atoms with van der Waals surface area (Å²) in [6.45, 7) is 0. The molecular formula is C18H14ClF3NO3. The van der Waals surface area contributed by atoms with Gasteiger partial charge in [0, 0.05) is 29.6 Å². The van der Waals surface area contributed by atoms with Crippen LogP contribution in [0.3, 0.4) is 0 Å². The molecule has 0 saturated carbocycles. The van der Waals surface area contributed by atoms with Crippen LogP contribution in [0.25, 0.3) is 11.1 Å². The van der Waals surface area contributed by atoms with Gasteiger partial charge in [0.25, 0.3) is 0 Å². The van der Waals surface area contributed by atoms with E-state index in [1.807, 2.05) is 0 Å². The van der Waals surface area contributed by atoms with Gasteiger partial charge in [-0.05, 0) is 41.8 Å². The van der Waals surface area contributed by atoms with Crippen LogP contribution in [-0.2, 0) is 15.8 Å². The quantitative estimate of drug-likeness (QED) is 0.735. The summed E-state index contributed by atoms with van der Waals surface area (Å²) >= 11 is 5.77. The highest BCUT2D eigenvalue weighted by Gasteiger charge is 2.33. The highest BCUT2D eigenvalue weighted by molar-refractivity contribution is 6.30. The highest BCUT2D eigenvalue weighted by Crippen LogP contribution is 2.38. The molecule has 0 atom stereocenters. The molecule has 2 aromatic rings. The summed E-state index contributed by atoms with van der Waals surface area (Å²) in [4.78, 5) is 22.1. The topological polar surface area (TPSA) is 66.4 Å². The number of carboxylic acid groups (broad SMARTS) is 1. The zero-order valence-electron chi connectivity index (χ0n) is 13.4. The first-order valence-corrected chi connectivity index (χ1v) is 7.95. The van der Waals surface area contributed by atoms with Crippen molar-refractivity contribution in [1.82, 2.24) is 0 Å². The molecule has 2 N–H and O–H groups in total. The van der Waals surface area contributed by atoms with E-state index in [1.54, 1.807) is 0 Å². The van der Waals surface area contributed by atoms with E-state index < -0.39 is 17.7 Å². The van der Waals surface area contributed by atoms with Crippen LogP contribution < -0.4 is 5.32 Å². The Bertz CT molecular complexity index is 804. The largest absolute Gasteiger partial charge is 0.481 e. The number of amides is 1. The Balaban J connectivity index is 2.14. The first-order chi connectivity index (χ1) is 12.2. The van der Waals surface area contributed by atoms with E-state index in [1.165, 1.54) is 30.3 Å². The summed E-state index contributed by atoms with van der Waals surface area (Å²) in [6.07, 6.45) is -4.42. The van der Waals surface area contributed by atoms with Crippen LogP contribution in [0, 0.1) is 6.07 Å². The molecule has 0 aliphatic rings. The number of carbonyl (C=O) groups is 2. The van der Waals surface area contributed by atoms with E-state index in [9.17, 15) is 22.8 Å². The highest BCUT2D eigenvalue weighted by atomic mass is 35.5. The standard InChI is InChI=1S/C18H14ClF3NO3/c19-12-6-9-15(18(20,21)22)14(10-12)11-4-7-13(8-5-11)23-16(24)2-1-3-17(25)26/h4-5,7-10H,1-3H2,(H,23,24)(H,25,26). The third kappa shape index (κ3) is 5.49. The van der Waals surface area contributed by atoms with Gasteiger partial charge in [0.15, 0.2) is 0 Å². The summed E-state index contributed by atoms with van der Waals surface area (Å²) < 4.78 is 39.4. The van der Waals surface area contributed by atoms with E-state index in [-0.39, 0.29) is 41.3 Å². The molecule has 26 heavy (non-hydrogen) atoms. The van der Waals surface area contributed by atoms with E-state index in [0.717, 1.165) is 6.07 Å². The lowest BCUT2D eigenvalue weighted by molar-refractivity contribution is -0.138. The van der Waals surface area contributed by atoms with Gasteiger partial charge in [-0.15, -0.1) is 0 Å². The Morgan fingerprint density at radius 1 is 1.15 bits per heavy atom. The van der Waals surface area contributed by atoms with Gasteiger partial charge in [0.1, 0.15) is 0 Å². The zero-order valence-corrected chi connectivity index (χ0v) is 14.1. The lowest BCUT2D eigenvalue weighted by atomic mass is 9.99. The average Bonchev–Trinajstić information content (AvgIpc) is 2.54. The first-order valence-electron chi connectivity index (χ1n) is 7.57. The molecule has 2 aromatic carbocycles. The van der Waals surface area contributed by atoms with Crippen molar-refractivity contribution >= 4 is 29.2 Å². The predicted octanol–water partition coefficient (Wildman–Crippen LogP) is 5.02. The molecule has 0 unspecified atom stereocenters. The molecule has 2 rings (SSSR count). The fourth-order valence-electron chi connectivity index (χ4n) is 2.30. The van der Waals surface area contributed by atoms with Gasteiger partial charge >= 0.3 is 12.1 Å². The average molecular weight is 385 g/mol. The maximum atomic E-state index is 13.1. The lowest BCUT2D eigenvalue weighted by Gasteiger charge is -2.14. The number of hydrogen-bond donors (Lipinski definition) is 2. The molecule has 0 aliphatic heterocycles. The van der Waals surface area contributed by atoms with Crippen LogP contribution in [-0.4, -0.2) is 17.0 Å². The molecule has 0 aromatic heterocycles. The molecule has 0 bridgehead atoms. The number of carboxylic acids is 1. The number of halogens is 4. The normalized spacial score (nSPS) is 11.2. The number of anilines is 1. The van der Waals surface area contributed by atoms with Gasteiger partial charge in [-0.1, -0.05) is 23.7 Å². The Hall–Kier alpha value is -2.54. The van der Waals surface area contributed by atoms with E-state index in [4.69, 9.17) is 16.7 Å². The number of carbonyl (C=O) groups excluding carboxylic acids is 1. The van der Waals surface area contributed by atoms with E-state index in [0.29, 0.717) is 5.69 Å². The second kappa shape index (κ2) is 8.23. The Kier molecular flexibility index (Phi) is 6.26. The van der Waals surface area contributed by atoms with Gasteiger partial charge in [0.2, 0.25) is 5.91 Å².